The number of amides is 2. The Balaban J connectivity index is 1.53. The number of nitrogens with zero attached hydrogens (tertiary/aromatic N) is 2. The molecule has 0 spiro atoms. The molecule has 2 heterocycles. The van der Waals surface area contributed by atoms with Crippen molar-refractivity contribution in [2.75, 3.05) is 6.79 Å². The molecule has 3 rings (SSSR count). The smallest absolute Gasteiger partial charge is 0.329 e. The Labute approximate surface area is 151 Å². The van der Waals surface area contributed by atoms with Crippen molar-refractivity contribution in [2.45, 2.75) is 6.54 Å². The number of aromatic nitrogens is 1. The van der Waals surface area contributed by atoms with Crippen LogP contribution in [-0.4, -0.2) is 29.8 Å². The van der Waals surface area contributed by atoms with Crippen LogP contribution in [0, 0.1) is 0 Å². The van der Waals surface area contributed by atoms with Crippen LogP contribution >= 0.6 is 15.9 Å². The van der Waals surface area contributed by atoms with Crippen LogP contribution in [0.15, 0.2) is 46.1 Å². The zero-order valence-electron chi connectivity index (χ0n) is 12.9. The first-order valence-corrected chi connectivity index (χ1v) is 8.03. The molecule has 9 heteroatoms. The second-order valence-corrected chi connectivity index (χ2v) is 5.78. The van der Waals surface area contributed by atoms with Gasteiger partial charge in [-0.15, -0.1) is 0 Å². The predicted octanol–water partition coefficient (Wildman–Crippen LogP) is 1.34. The third kappa shape index (κ3) is 4.32. The van der Waals surface area contributed by atoms with Gasteiger partial charge in [-0.3, -0.25) is 14.6 Å². The van der Waals surface area contributed by atoms with Crippen LogP contribution in [0.25, 0.3) is 0 Å². The third-order valence-electron chi connectivity index (χ3n) is 3.22. The normalized spacial score (nSPS) is 12.2. The predicted molar refractivity (Wildman–Crippen MR) is 92.1 cm³/mol. The quantitative estimate of drug-likeness (QED) is 0.454. The molecule has 0 bridgehead atoms. The molecule has 1 aromatic heterocycles. The van der Waals surface area contributed by atoms with E-state index in [0.29, 0.717) is 27.2 Å². The fourth-order valence-corrected chi connectivity index (χ4v) is 2.42. The Hall–Kier alpha value is -2.94. The molecule has 0 atom stereocenters. The molecule has 128 valence electrons. The van der Waals surface area contributed by atoms with Crippen molar-refractivity contribution in [3.8, 4) is 11.5 Å². The van der Waals surface area contributed by atoms with E-state index in [1.165, 1.54) is 6.21 Å². The number of rotatable bonds is 4. The fraction of sp³-hybridized carbons (Fsp3) is 0.125. The number of hydrogen-bond acceptors (Lipinski definition) is 6. The molecular formula is C16H13BrN4O4. The van der Waals surface area contributed by atoms with Crippen molar-refractivity contribution in [2.24, 2.45) is 5.10 Å². The van der Waals surface area contributed by atoms with E-state index >= 15 is 0 Å². The van der Waals surface area contributed by atoms with Crippen LogP contribution in [-0.2, 0) is 16.1 Å². The number of pyridine rings is 1. The standard InChI is InChI=1S/C16H13BrN4O4/c17-12-6-14-13(24-9-25-14)5-10(12)7-20-21-16(23)15(22)19-8-11-3-1-2-4-18-11/h1-7H,8-9H2,(H,19,22)(H,21,23)/b20-7-. The summed E-state index contributed by atoms with van der Waals surface area (Å²) in [6.07, 6.45) is 3.01. The van der Waals surface area contributed by atoms with Gasteiger partial charge in [-0.05, 0) is 40.2 Å². The van der Waals surface area contributed by atoms with Gasteiger partial charge >= 0.3 is 11.8 Å². The molecule has 0 saturated heterocycles. The maximum Gasteiger partial charge on any atom is 0.329 e. The molecule has 1 aromatic carbocycles. The lowest BCUT2D eigenvalue weighted by molar-refractivity contribution is -0.139. The topological polar surface area (TPSA) is 102 Å². The minimum Gasteiger partial charge on any atom is -0.454 e. The summed E-state index contributed by atoms with van der Waals surface area (Å²) in [4.78, 5) is 27.5. The van der Waals surface area contributed by atoms with Crippen molar-refractivity contribution < 1.29 is 19.1 Å². The highest BCUT2D eigenvalue weighted by Gasteiger charge is 2.16. The molecule has 25 heavy (non-hydrogen) atoms. The number of ether oxygens (including phenoxy) is 2. The molecule has 1 aliphatic rings. The Morgan fingerprint density at radius 3 is 2.80 bits per heavy atom. The number of hydrogen-bond donors (Lipinski definition) is 2. The molecule has 1 aliphatic heterocycles. The molecule has 2 N–H and O–H groups in total. The van der Waals surface area contributed by atoms with E-state index in [1.54, 1.807) is 36.5 Å². The Morgan fingerprint density at radius 2 is 2.04 bits per heavy atom. The van der Waals surface area contributed by atoms with E-state index in [-0.39, 0.29) is 13.3 Å². The van der Waals surface area contributed by atoms with E-state index < -0.39 is 11.8 Å². The summed E-state index contributed by atoms with van der Waals surface area (Å²) < 4.78 is 11.2. The van der Waals surface area contributed by atoms with E-state index in [4.69, 9.17) is 9.47 Å². The highest BCUT2D eigenvalue weighted by atomic mass is 79.9. The van der Waals surface area contributed by atoms with E-state index in [0.717, 1.165) is 0 Å². The Kier molecular flexibility index (Phi) is 5.24. The van der Waals surface area contributed by atoms with E-state index in [9.17, 15) is 9.59 Å². The maximum atomic E-state index is 11.7. The molecule has 0 radical (unpaired) electrons. The van der Waals surface area contributed by atoms with Gasteiger partial charge in [-0.1, -0.05) is 6.07 Å². The van der Waals surface area contributed by atoms with Crippen LogP contribution in [0.1, 0.15) is 11.3 Å². The van der Waals surface area contributed by atoms with Gasteiger partial charge in [0.1, 0.15) is 0 Å². The summed E-state index contributed by atoms with van der Waals surface area (Å²) in [5.41, 5.74) is 3.48. The SMILES string of the molecule is O=C(NCc1ccccn1)C(=O)N/N=C\c1cc2c(cc1Br)OCO2. The monoisotopic (exact) mass is 404 g/mol. The van der Waals surface area contributed by atoms with Crippen molar-refractivity contribution >= 4 is 34.0 Å². The minimum atomic E-state index is -0.871. The summed E-state index contributed by atoms with van der Waals surface area (Å²) in [6, 6.07) is 8.75. The van der Waals surface area contributed by atoms with E-state index in [1.807, 2.05) is 0 Å². The lowest BCUT2D eigenvalue weighted by atomic mass is 10.2. The van der Waals surface area contributed by atoms with Crippen molar-refractivity contribution in [1.82, 2.24) is 15.7 Å². The number of fused-ring (bicyclic) bond motifs is 1. The largest absolute Gasteiger partial charge is 0.454 e. The number of carbonyl (C=O) groups excluding carboxylic acids is 2. The summed E-state index contributed by atoms with van der Waals surface area (Å²) in [7, 11) is 0. The number of hydrazone groups is 1. The second-order valence-electron chi connectivity index (χ2n) is 4.93. The van der Waals surface area contributed by atoms with Gasteiger partial charge < -0.3 is 14.8 Å². The first-order valence-electron chi connectivity index (χ1n) is 7.24. The van der Waals surface area contributed by atoms with Gasteiger partial charge in [0, 0.05) is 16.2 Å². The van der Waals surface area contributed by atoms with Crippen LogP contribution in [0.5, 0.6) is 11.5 Å². The van der Waals surface area contributed by atoms with Crippen LogP contribution < -0.4 is 20.2 Å². The number of benzene rings is 1. The lowest BCUT2D eigenvalue weighted by Crippen LogP contribution is -2.37. The Bertz CT molecular complexity index is 826. The van der Waals surface area contributed by atoms with E-state index in [2.05, 4.69) is 36.8 Å². The highest BCUT2D eigenvalue weighted by molar-refractivity contribution is 9.10. The van der Waals surface area contributed by atoms with Gasteiger partial charge in [0.25, 0.3) is 0 Å². The highest BCUT2D eigenvalue weighted by Crippen LogP contribution is 2.36. The van der Waals surface area contributed by atoms with Gasteiger partial charge in [-0.25, -0.2) is 5.43 Å². The average Bonchev–Trinajstić information content (AvgIpc) is 3.07. The molecule has 2 aromatic rings. The first kappa shape index (κ1) is 16.9. The van der Waals surface area contributed by atoms with Gasteiger partial charge in [0.05, 0.1) is 18.5 Å². The molecule has 0 unspecified atom stereocenters. The number of halogens is 1. The maximum absolute atomic E-state index is 11.7. The first-order chi connectivity index (χ1) is 12.1. The minimum absolute atomic E-state index is 0.157. The number of nitrogens with one attached hydrogen (secondary N) is 2. The molecular weight excluding hydrogens is 392 g/mol. The van der Waals surface area contributed by atoms with Gasteiger partial charge in [-0.2, -0.15) is 5.10 Å². The van der Waals surface area contributed by atoms with Crippen molar-refractivity contribution in [3.63, 3.8) is 0 Å². The average molecular weight is 405 g/mol. The van der Waals surface area contributed by atoms with Crippen molar-refractivity contribution in [3.05, 3.63) is 52.3 Å². The molecule has 0 fully saturated rings. The molecule has 2 amide bonds. The molecule has 0 saturated carbocycles. The summed E-state index contributed by atoms with van der Waals surface area (Å²) in [5.74, 6) is -0.456. The van der Waals surface area contributed by atoms with Gasteiger partial charge in [0.15, 0.2) is 11.5 Å². The van der Waals surface area contributed by atoms with Crippen molar-refractivity contribution in [1.29, 1.82) is 0 Å². The van der Waals surface area contributed by atoms with Crippen LogP contribution in [0.4, 0.5) is 0 Å². The zero-order chi connectivity index (χ0) is 17.6. The van der Waals surface area contributed by atoms with Crippen LogP contribution in [0.3, 0.4) is 0 Å². The molecule has 8 nitrogen and oxygen atoms in total. The second kappa shape index (κ2) is 7.75. The molecule has 0 aliphatic carbocycles. The fourth-order valence-electron chi connectivity index (χ4n) is 2.00. The lowest BCUT2D eigenvalue weighted by Gasteiger charge is -2.04. The van der Waals surface area contributed by atoms with Gasteiger partial charge in [0.2, 0.25) is 6.79 Å². The van der Waals surface area contributed by atoms with Crippen LogP contribution in [0.2, 0.25) is 0 Å². The summed E-state index contributed by atoms with van der Waals surface area (Å²) >= 11 is 3.37. The summed E-state index contributed by atoms with van der Waals surface area (Å²) in [5, 5.41) is 6.24. The number of carbonyl (C=O) groups is 2. The summed E-state index contributed by atoms with van der Waals surface area (Å²) in [6.45, 7) is 0.320. The third-order valence-corrected chi connectivity index (χ3v) is 3.91. The zero-order valence-corrected chi connectivity index (χ0v) is 14.4. The Morgan fingerprint density at radius 1 is 1.24 bits per heavy atom.